The van der Waals surface area contributed by atoms with Crippen LogP contribution in [0.1, 0.15) is 22.8 Å². The zero-order valence-corrected chi connectivity index (χ0v) is 15.4. The SMILES string of the molecule is C[C@H](NC(=O)c1ccccc1F)C(=O)N1CCN(Cc2ccccc2)CC1. The molecule has 1 aliphatic rings. The Morgan fingerprint density at radius 3 is 2.30 bits per heavy atom. The molecule has 1 saturated heterocycles. The fourth-order valence-corrected chi connectivity index (χ4v) is 3.22. The van der Waals surface area contributed by atoms with Crippen molar-refractivity contribution in [2.24, 2.45) is 0 Å². The van der Waals surface area contributed by atoms with E-state index in [0.29, 0.717) is 13.1 Å². The topological polar surface area (TPSA) is 52.7 Å². The van der Waals surface area contributed by atoms with E-state index in [1.54, 1.807) is 17.9 Å². The maximum atomic E-state index is 13.7. The van der Waals surface area contributed by atoms with Crippen LogP contribution >= 0.6 is 0 Å². The number of rotatable bonds is 5. The first-order chi connectivity index (χ1) is 13.0. The minimum absolute atomic E-state index is 0.0511. The van der Waals surface area contributed by atoms with E-state index >= 15 is 0 Å². The Morgan fingerprint density at radius 2 is 1.63 bits per heavy atom. The van der Waals surface area contributed by atoms with Gasteiger partial charge in [-0.1, -0.05) is 42.5 Å². The van der Waals surface area contributed by atoms with Crippen LogP contribution in [0.3, 0.4) is 0 Å². The molecule has 1 heterocycles. The third kappa shape index (κ3) is 4.92. The average Bonchev–Trinajstić information content (AvgIpc) is 2.69. The Kier molecular flexibility index (Phi) is 6.19. The number of carbonyl (C=O) groups is 2. The molecule has 1 fully saturated rings. The number of benzene rings is 2. The van der Waals surface area contributed by atoms with Crippen LogP contribution in [0.15, 0.2) is 54.6 Å². The van der Waals surface area contributed by atoms with E-state index in [9.17, 15) is 14.0 Å². The van der Waals surface area contributed by atoms with Crippen molar-refractivity contribution < 1.29 is 14.0 Å². The minimum atomic E-state index is -0.697. The molecule has 6 heteroatoms. The van der Waals surface area contributed by atoms with Crippen molar-refractivity contribution in [3.8, 4) is 0 Å². The number of hydrogen-bond donors (Lipinski definition) is 1. The maximum Gasteiger partial charge on any atom is 0.254 e. The summed E-state index contributed by atoms with van der Waals surface area (Å²) in [6.07, 6.45) is 0. The van der Waals surface area contributed by atoms with Gasteiger partial charge in [0, 0.05) is 32.7 Å². The van der Waals surface area contributed by atoms with Crippen molar-refractivity contribution >= 4 is 11.8 Å². The molecule has 1 aliphatic heterocycles. The number of nitrogens with one attached hydrogen (secondary N) is 1. The zero-order chi connectivity index (χ0) is 19.2. The summed E-state index contributed by atoms with van der Waals surface area (Å²) >= 11 is 0. The van der Waals surface area contributed by atoms with Crippen LogP contribution in [0.25, 0.3) is 0 Å². The van der Waals surface area contributed by atoms with Crippen LogP contribution < -0.4 is 5.32 Å². The second kappa shape index (κ2) is 8.77. The van der Waals surface area contributed by atoms with Gasteiger partial charge in [0.2, 0.25) is 5.91 Å². The molecule has 0 saturated carbocycles. The van der Waals surface area contributed by atoms with E-state index in [0.717, 1.165) is 19.6 Å². The summed E-state index contributed by atoms with van der Waals surface area (Å²) in [4.78, 5) is 28.9. The van der Waals surface area contributed by atoms with Gasteiger partial charge in [-0.15, -0.1) is 0 Å². The van der Waals surface area contributed by atoms with E-state index < -0.39 is 17.8 Å². The normalized spacial score (nSPS) is 16.0. The first-order valence-corrected chi connectivity index (χ1v) is 9.15. The first kappa shape index (κ1) is 19.0. The Bertz CT molecular complexity index is 789. The van der Waals surface area contributed by atoms with Crippen LogP contribution in [0.4, 0.5) is 4.39 Å². The highest BCUT2D eigenvalue weighted by molar-refractivity contribution is 5.97. The quantitative estimate of drug-likeness (QED) is 0.880. The number of halogens is 1. The van der Waals surface area contributed by atoms with Gasteiger partial charge in [-0.2, -0.15) is 0 Å². The molecule has 0 unspecified atom stereocenters. The molecule has 0 bridgehead atoms. The third-order valence-corrected chi connectivity index (χ3v) is 4.77. The van der Waals surface area contributed by atoms with Crippen molar-refractivity contribution in [1.29, 1.82) is 0 Å². The largest absolute Gasteiger partial charge is 0.340 e. The van der Waals surface area contributed by atoms with Gasteiger partial charge in [-0.25, -0.2) is 4.39 Å². The van der Waals surface area contributed by atoms with Crippen LogP contribution in [0.2, 0.25) is 0 Å². The summed E-state index contributed by atoms with van der Waals surface area (Å²) in [5.41, 5.74) is 1.20. The van der Waals surface area contributed by atoms with Gasteiger partial charge in [0.1, 0.15) is 11.9 Å². The fourth-order valence-electron chi connectivity index (χ4n) is 3.22. The molecule has 142 valence electrons. The lowest BCUT2D eigenvalue weighted by molar-refractivity contribution is -0.134. The Balaban J connectivity index is 1.50. The average molecular weight is 369 g/mol. The standard InChI is InChI=1S/C21H24FN3O2/c1-16(23-20(26)18-9-5-6-10-19(18)22)21(27)25-13-11-24(12-14-25)15-17-7-3-2-4-8-17/h2-10,16H,11-15H2,1H3,(H,23,26)/t16-/m0/s1. The lowest BCUT2D eigenvalue weighted by atomic mass is 10.1. The summed E-state index contributed by atoms with van der Waals surface area (Å²) in [5, 5.41) is 2.60. The van der Waals surface area contributed by atoms with Crippen LogP contribution in [0, 0.1) is 5.82 Å². The van der Waals surface area contributed by atoms with Crippen molar-refractivity contribution in [1.82, 2.24) is 15.1 Å². The molecular weight excluding hydrogens is 345 g/mol. The van der Waals surface area contributed by atoms with Crippen LogP contribution in [-0.2, 0) is 11.3 Å². The lowest BCUT2D eigenvalue weighted by Crippen LogP contribution is -2.54. The second-order valence-electron chi connectivity index (χ2n) is 6.76. The van der Waals surface area contributed by atoms with Crippen molar-refractivity contribution in [3.63, 3.8) is 0 Å². The van der Waals surface area contributed by atoms with Crippen molar-refractivity contribution in [2.45, 2.75) is 19.5 Å². The van der Waals surface area contributed by atoms with Gasteiger partial charge in [-0.3, -0.25) is 14.5 Å². The molecule has 1 N–H and O–H groups in total. The number of piperazine rings is 1. The second-order valence-corrected chi connectivity index (χ2v) is 6.76. The highest BCUT2D eigenvalue weighted by Gasteiger charge is 2.26. The number of nitrogens with zero attached hydrogens (tertiary/aromatic N) is 2. The van der Waals surface area contributed by atoms with Crippen molar-refractivity contribution in [3.05, 3.63) is 71.5 Å². The fraction of sp³-hybridized carbons (Fsp3) is 0.333. The maximum absolute atomic E-state index is 13.7. The smallest absolute Gasteiger partial charge is 0.254 e. The molecule has 3 rings (SSSR count). The van der Waals surface area contributed by atoms with Crippen LogP contribution in [0.5, 0.6) is 0 Å². The van der Waals surface area contributed by atoms with E-state index in [2.05, 4.69) is 22.3 Å². The molecular formula is C21H24FN3O2. The van der Waals surface area contributed by atoms with Gasteiger partial charge in [-0.05, 0) is 24.6 Å². The summed E-state index contributed by atoms with van der Waals surface area (Å²) in [6, 6.07) is 15.3. The van der Waals surface area contributed by atoms with E-state index in [-0.39, 0.29) is 11.5 Å². The molecule has 5 nitrogen and oxygen atoms in total. The Labute approximate surface area is 158 Å². The highest BCUT2D eigenvalue weighted by Crippen LogP contribution is 2.10. The molecule has 0 aromatic heterocycles. The third-order valence-electron chi connectivity index (χ3n) is 4.77. The number of amides is 2. The van der Waals surface area contributed by atoms with Gasteiger partial charge in [0.15, 0.2) is 0 Å². The van der Waals surface area contributed by atoms with E-state index in [1.807, 2.05) is 18.2 Å². The minimum Gasteiger partial charge on any atom is -0.340 e. The predicted molar refractivity (Wildman–Crippen MR) is 102 cm³/mol. The molecule has 27 heavy (non-hydrogen) atoms. The lowest BCUT2D eigenvalue weighted by Gasteiger charge is -2.36. The highest BCUT2D eigenvalue weighted by atomic mass is 19.1. The zero-order valence-electron chi connectivity index (χ0n) is 15.4. The van der Waals surface area contributed by atoms with Gasteiger partial charge >= 0.3 is 0 Å². The molecule has 2 aromatic rings. The van der Waals surface area contributed by atoms with Crippen LogP contribution in [-0.4, -0.2) is 53.8 Å². The summed E-state index contributed by atoms with van der Waals surface area (Å²) in [6.45, 7) is 5.31. The molecule has 0 spiro atoms. The Hall–Kier alpha value is -2.73. The monoisotopic (exact) mass is 369 g/mol. The molecule has 0 aliphatic carbocycles. The summed E-state index contributed by atoms with van der Waals surface area (Å²) < 4.78 is 13.7. The molecule has 1 atom stereocenters. The van der Waals surface area contributed by atoms with Crippen molar-refractivity contribution in [2.75, 3.05) is 26.2 Å². The molecule has 0 radical (unpaired) electrons. The number of hydrogen-bond acceptors (Lipinski definition) is 3. The summed E-state index contributed by atoms with van der Waals surface area (Å²) in [5.74, 6) is -1.31. The molecule has 2 amide bonds. The Morgan fingerprint density at radius 1 is 1.00 bits per heavy atom. The van der Waals surface area contributed by atoms with Gasteiger partial charge in [0.05, 0.1) is 5.56 Å². The summed E-state index contributed by atoms with van der Waals surface area (Å²) in [7, 11) is 0. The van der Waals surface area contributed by atoms with Gasteiger partial charge < -0.3 is 10.2 Å². The number of carbonyl (C=O) groups excluding carboxylic acids is 2. The first-order valence-electron chi connectivity index (χ1n) is 9.15. The predicted octanol–water partition coefficient (Wildman–Crippen LogP) is 2.29. The van der Waals surface area contributed by atoms with Gasteiger partial charge in [0.25, 0.3) is 5.91 Å². The van der Waals surface area contributed by atoms with E-state index in [4.69, 9.17) is 0 Å². The van der Waals surface area contributed by atoms with E-state index in [1.165, 1.54) is 23.8 Å². The molecule has 2 aromatic carbocycles.